The standard InChI is InChI=1S/C30H32O4/c1-3-4-5-10-20-34-30(2,29(31)32)22-15-17-23(18-16-22)33-21-19-28-26-13-8-6-11-24(26)25-12-7-9-14-27(25)28/h6-9,11-19H,3-5,10,20-21H2,1-2H3,(H,31,32). The van der Waals surface area contributed by atoms with E-state index < -0.39 is 11.6 Å². The van der Waals surface area contributed by atoms with Gasteiger partial charge in [0, 0.05) is 6.61 Å². The second-order valence-electron chi connectivity index (χ2n) is 8.79. The van der Waals surface area contributed by atoms with Crippen molar-refractivity contribution in [2.75, 3.05) is 13.2 Å². The van der Waals surface area contributed by atoms with E-state index in [4.69, 9.17) is 9.47 Å². The van der Waals surface area contributed by atoms with Gasteiger partial charge in [0.1, 0.15) is 12.4 Å². The Morgan fingerprint density at radius 2 is 1.44 bits per heavy atom. The molecule has 0 radical (unpaired) electrons. The molecule has 0 spiro atoms. The Hall–Kier alpha value is -3.37. The number of benzene rings is 3. The van der Waals surface area contributed by atoms with E-state index in [9.17, 15) is 9.90 Å². The summed E-state index contributed by atoms with van der Waals surface area (Å²) >= 11 is 0. The molecule has 0 saturated carbocycles. The first-order valence-corrected chi connectivity index (χ1v) is 12.0. The lowest BCUT2D eigenvalue weighted by Gasteiger charge is -2.26. The zero-order valence-corrected chi connectivity index (χ0v) is 19.9. The first kappa shape index (κ1) is 23.8. The zero-order chi connectivity index (χ0) is 24.0. The molecular weight excluding hydrogens is 424 g/mol. The second kappa shape index (κ2) is 10.7. The number of fused-ring (bicyclic) bond motifs is 3. The topological polar surface area (TPSA) is 55.8 Å². The molecule has 4 rings (SSSR count). The fourth-order valence-electron chi connectivity index (χ4n) is 4.43. The van der Waals surface area contributed by atoms with Crippen LogP contribution in [-0.4, -0.2) is 24.3 Å². The highest BCUT2D eigenvalue weighted by Gasteiger charge is 2.36. The highest BCUT2D eigenvalue weighted by atomic mass is 16.5. The second-order valence-corrected chi connectivity index (χ2v) is 8.79. The lowest BCUT2D eigenvalue weighted by molar-refractivity contribution is -0.165. The lowest BCUT2D eigenvalue weighted by atomic mass is 9.95. The first-order valence-electron chi connectivity index (χ1n) is 12.0. The molecule has 0 heterocycles. The predicted molar refractivity (Wildman–Crippen MR) is 136 cm³/mol. The van der Waals surface area contributed by atoms with Gasteiger partial charge < -0.3 is 14.6 Å². The Labute approximate surface area is 201 Å². The summed E-state index contributed by atoms with van der Waals surface area (Å²) in [5.41, 5.74) is 5.35. The third-order valence-electron chi connectivity index (χ3n) is 6.46. The smallest absolute Gasteiger partial charge is 0.340 e. The number of hydrogen-bond acceptors (Lipinski definition) is 3. The summed E-state index contributed by atoms with van der Waals surface area (Å²) in [5.74, 6) is -0.296. The molecule has 3 aromatic carbocycles. The molecule has 0 bridgehead atoms. The molecule has 0 aromatic heterocycles. The van der Waals surface area contributed by atoms with Crippen molar-refractivity contribution in [3.63, 3.8) is 0 Å². The van der Waals surface area contributed by atoms with Crippen molar-refractivity contribution in [3.05, 3.63) is 95.6 Å². The first-order chi connectivity index (χ1) is 16.5. The number of rotatable bonds is 11. The van der Waals surface area contributed by atoms with Gasteiger partial charge in [-0.25, -0.2) is 4.79 Å². The van der Waals surface area contributed by atoms with E-state index in [1.807, 2.05) is 12.1 Å². The molecule has 0 aliphatic heterocycles. The molecule has 3 aromatic rings. The molecule has 0 fully saturated rings. The Morgan fingerprint density at radius 1 is 0.853 bits per heavy atom. The quantitative estimate of drug-likeness (QED) is 0.245. The van der Waals surface area contributed by atoms with Crippen LogP contribution in [0, 0.1) is 0 Å². The van der Waals surface area contributed by atoms with Gasteiger partial charge in [-0.3, -0.25) is 0 Å². The van der Waals surface area contributed by atoms with Crippen LogP contribution < -0.4 is 4.74 Å². The van der Waals surface area contributed by atoms with E-state index >= 15 is 0 Å². The van der Waals surface area contributed by atoms with E-state index in [-0.39, 0.29) is 0 Å². The maximum Gasteiger partial charge on any atom is 0.340 e. The van der Waals surface area contributed by atoms with Gasteiger partial charge in [0.25, 0.3) is 0 Å². The van der Waals surface area contributed by atoms with E-state index in [0.717, 1.165) is 25.7 Å². The van der Waals surface area contributed by atoms with Gasteiger partial charge in [-0.05, 0) is 64.9 Å². The molecule has 1 aliphatic rings. The third kappa shape index (κ3) is 4.92. The Kier molecular flexibility index (Phi) is 7.49. The third-order valence-corrected chi connectivity index (χ3v) is 6.46. The van der Waals surface area contributed by atoms with Crippen LogP contribution in [0.1, 0.15) is 56.2 Å². The molecule has 0 saturated heterocycles. The largest absolute Gasteiger partial charge is 0.490 e. The van der Waals surface area contributed by atoms with Crippen molar-refractivity contribution in [2.24, 2.45) is 0 Å². The van der Waals surface area contributed by atoms with Gasteiger partial charge >= 0.3 is 5.97 Å². The summed E-state index contributed by atoms with van der Waals surface area (Å²) in [5, 5.41) is 9.82. The van der Waals surface area contributed by atoms with Crippen LogP contribution in [0.25, 0.3) is 16.7 Å². The molecule has 4 heteroatoms. The van der Waals surface area contributed by atoms with Crippen molar-refractivity contribution >= 4 is 11.5 Å². The van der Waals surface area contributed by atoms with Crippen LogP contribution in [0.2, 0.25) is 0 Å². The highest BCUT2D eigenvalue weighted by Crippen LogP contribution is 2.43. The van der Waals surface area contributed by atoms with Gasteiger partial charge in [-0.1, -0.05) is 86.8 Å². The number of carboxylic acid groups (broad SMARTS) is 1. The molecule has 1 unspecified atom stereocenters. The van der Waals surface area contributed by atoms with Crippen LogP contribution in [0.15, 0.2) is 78.9 Å². The lowest BCUT2D eigenvalue weighted by Crippen LogP contribution is -2.35. The van der Waals surface area contributed by atoms with E-state index in [2.05, 4.69) is 61.5 Å². The molecule has 34 heavy (non-hydrogen) atoms. The zero-order valence-electron chi connectivity index (χ0n) is 19.9. The Balaban J connectivity index is 1.43. The van der Waals surface area contributed by atoms with Gasteiger partial charge in [0.2, 0.25) is 0 Å². The van der Waals surface area contributed by atoms with E-state index in [0.29, 0.717) is 24.5 Å². The van der Waals surface area contributed by atoms with E-state index in [1.165, 1.54) is 27.8 Å². The molecule has 1 N–H and O–H groups in total. The van der Waals surface area contributed by atoms with Gasteiger partial charge in [0.05, 0.1) is 0 Å². The SMILES string of the molecule is CCCCCCOC(C)(C(=O)O)c1ccc(OCC=C2c3ccccc3-c3ccccc32)cc1. The van der Waals surface area contributed by atoms with Gasteiger partial charge in [-0.15, -0.1) is 0 Å². The highest BCUT2D eigenvalue weighted by molar-refractivity contribution is 6.01. The summed E-state index contributed by atoms with van der Waals surface area (Å²) in [6.07, 6.45) is 6.28. The summed E-state index contributed by atoms with van der Waals surface area (Å²) in [4.78, 5) is 12.0. The summed E-state index contributed by atoms with van der Waals surface area (Å²) in [6.45, 7) is 4.61. The van der Waals surface area contributed by atoms with Crippen molar-refractivity contribution in [1.82, 2.24) is 0 Å². The normalized spacial score (nSPS) is 13.6. The van der Waals surface area contributed by atoms with Gasteiger partial charge in [-0.2, -0.15) is 0 Å². The monoisotopic (exact) mass is 456 g/mol. The Morgan fingerprint density at radius 3 is 2.00 bits per heavy atom. The molecule has 176 valence electrons. The molecular formula is C30H32O4. The number of ether oxygens (including phenoxy) is 2. The van der Waals surface area contributed by atoms with Crippen molar-refractivity contribution in [2.45, 2.75) is 45.1 Å². The minimum absolute atomic E-state index is 0.418. The Bertz CT molecular complexity index is 1110. The summed E-state index contributed by atoms with van der Waals surface area (Å²) in [7, 11) is 0. The minimum Gasteiger partial charge on any atom is -0.490 e. The van der Waals surface area contributed by atoms with Crippen molar-refractivity contribution < 1.29 is 19.4 Å². The molecule has 0 amide bonds. The number of hydrogen-bond donors (Lipinski definition) is 1. The van der Waals surface area contributed by atoms with Crippen LogP contribution >= 0.6 is 0 Å². The fraction of sp³-hybridized carbons (Fsp3) is 0.300. The number of unbranched alkanes of at least 4 members (excludes halogenated alkanes) is 3. The number of aliphatic carboxylic acids is 1. The predicted octanol–water partition coefficient (Wildman–Crippen LogP) is 7.07. The van der Waals surface area contributed by atoms with E-state index in [1.54, 1.807) is 19.1 Å². The van der Waals surface area contributed by atoms with Gasteiger partial charge in [0.15, 0.2) is 5.60 Å². The number of carbonyl (C=O) groups is 1. The van der Waals surface area contributed by atoms with Crippen LogP contribution in [0.4, 0.5) is 0 Å². The minimum atomic E-state index is -1.37. The summed E-state index contributed by atoms with van der Waals surface area (Å²) < 4.78 is 11.8. The van der Waals surface area contributed by atoms with Crippen LogP contribution in [0.5, 0.6) is 5.75 Å². The van der Waals surface area contributed by atoms with Crippen LogP contribution in [0.3, 0.4) is 0 Å². The van der Waals surface area contributed by atoms with Crippen molar-refractivity contribution in [3.8, 4) is 16.9 Å². The molecule has 1 aliphatic carbocycles. The van der Waals surface area contributed by atoms with Crippen molar-refractivity contribution in [1.29, 1.82) is 0 Å². The number of carboxylic acids is 1. The average Bonchev–Trinajstić information content (AvgIpc) is 3.18. The summed E-state index contributed by atoms with van der Waals surface area (Å²) in [6, 6.07) is 24.0. The maximum absolute atomic E-state index is 12.0. The molecule has 4 nitrogen and oxygen atoms in total. The average molecular weight is 457 g/mol. The molecule has 1 atom stereocenters. The fourth-order valence-corrected chi connectivity index (χ4v) is 4.43. The van der Waals surface area contributed by atoms with Crippen LogP contribution in [-0.2, 0) is 15.1 Å². The maximum atomic E-state index is 12.0.